The fourth-order valence-electron chi connectivity index (χ4n) is 6.01. The minimum absolute atomic E-state index is 0.00172. The molecule has 1 N–H and O–H groups in total. The Balaban J connectivity index is 1.34. The molecule has 0 aliphatic carbocycles. The summed E-state index contributed by atoms with van der Waals surface area (Å²) in [6.45, 7) is 6.67. The molecule has 4 aromatic rings. The summed E-state index contributed by atoms with van der Waals surface area (Å²) in [5, 5.41) is 11.9. The Kier molecular flexibility index (Phi) is 9.56. The van der Waals surface area contributed by atoms with Gasteiger partial charge in [0.25, 0.3) is 5.91 Å². The van der Waals surface area contributed by atoms with E-state index < -0.39 is 23.5 Å². The zero-order chi connectivity index (χ0) is 32.0. The molecule has 1 atom stereocenters. The van der Waals surface area contributed by atoms with Gasteiger partial charge in [0.1, 0.15) is 6.61 Å². The largest absolute Gasteiger partial charge is 0.503 e. The summed E-state index contributed by atoms with van der Waals surface area (Å²) < 4.78 is 28.9. The summed E-state index contributed by atoms with van der Waals surface area (Å²) in [7, 11) is 1.52. The van der Waals surface area contributed by atoms with Crippen molar-refractivity contribution < 1.29 is 38.1 Å². The summed E-state index contributed by atoms with van der Waals surface area (Å²) in [5.74, 6) is -0.283. The summed E-state index contributed by atoms with van der Waals surface area (Å²) >= 11 is 0. The lowest BCUT2D eigenvalue weighted by molar-refractivity contribution is -0.129. The summed E-state index contributed by atoms with van der Waals surface area (Å²) in [6.07, 6.45) is 0.648. The van der Waals surface area contributed by atoms with Crippen LogP contribution in [0.5, 0.6) is 17.2 Å². The van der Waals surface area contributed by atoms with Gasteiger partial charge in [-0.2, -0.15) is 0 Å². The highest BCUT2D eigenvalue weighted by molar-refractivity contribution is 6.16. The number of fused-ring (bicyclic) bond motifs is 1. The molecule has 10 nitrogen and oxygen atoms in total. The normalized spacial score (nSPS) is 17.1. The molecule has 2 aliphatic rings. The van der Waals surface area contributed by atoms with E-state index in [2.05, 4.69) is 4.90 Å². The standard InChI is InChI=1S/C36H38N2O8/c1-3-44-29-21-25(13-14-27(29)45-23-24-9-5-4-6-10-24)32-31(33(39)30-22-26-11-7-12-28(42-2)35(26)46-30)34(40)36(41)38(32)16-8-15-37-17-19-43-20-18-37/h4-7,9-14,21-22,32,40H,3,8,15-20,23H2,1-2H3. The predicted molar refractivity (Wildman–Crippen MR) is 171 cm³/mol. The van der Waals surface area contributed by atoms with E-state index >= 15 is 0 Å². The van der Waals surface area contributed by atoms with Crippen LogP contribution in [0.1, 0.15) is 41.1 Å². The minimum atomic E-state index is -0.873. The van der Waals surface area contributed by atoms with Crippen LogP contribution in [-0.2, 0) is 16.1 Å². The van der Waals surface area contributed by atoms with Gasteiger partial charge in [-0.3, -0.25) is 14.5 Å². The molecule has 1 aromatic heterocycles. The number of Topliss-reactive ketones (excluding diaryl/α,β-unsaturated/α-hetero) is 1. The Morgan fingerprint density at radius 3 is 2.50 bits per heavy atom. The first-order valence-electron chi connectivity index (χ1n) is 15.6. The lowest BCUT2D eigenvalue weighted by Crippen LogP contribution is -2.39. The second-order valence-electron chi connectivity index (χ2n) is 11.2. The number of aliphatic hydroxyl groups excluding tert-OH is 1. The molecule has 10 heteroatoms. The van der Waals surface area contributed by atoms with Crippen LogP contribution in [0.4, 0.5) is 0 Å². The molecule has 0 bridgehead atoms. The number of furan rings is 1. The topological polar surface area (TPSA) is 111 Å². The van der Waals surface area contributed by atoms with Crippen LogP contribution in [0.15, 0.2) is 88.5 Å². The number of benzene rings is 3. The van der Waals surface area contributed by atoms with Gasteiger partial charge < -0.3 is 33.4 Å². The Hall–Kier alpha value is -4.80. The van der Waals surface area contributed by atoms with Gasteiger partial charge in [0, 0.05) is 31.6 Å². The number of hydrogen-bond acceptors (Lipinski definition) is 9. The van der Waals surface area contributed by atoms with E-state index in [1.54, 1.807) is 35.2 Å². The highest BCUT2D eigenvalue weighted by Crippen LogP contribution is 2.43. The van der Waals surface area contributed by atoms with Gasteiger partial charge in [0.15, 0.2) is 34.4 Å². The highest BCUT2D eigenvalue weighted by atomic mass is 16.5. The van der Waals surface area contributed by atoms with Crippen molar-refractivity contribution in [3.05, 3.63) is 101 Å². The number of ketones is 1. The first-order valence-corrected chi connectivity index (χ1v) is 15.6. The molecule has 2 aliphatic heterocycles. The zero-order valence-corrected chi connectivity index (χ0v) is 26.1. The third-order valence-electron chi connectivity index (χ3n) is 8.30. The van der Waals surface area contributed by atoms with Crippen molar-refractivity contribution in [1.29, 1.82) is 0 Å². The smallest absolute Gasteiger partial charge is 0.290 e. The molecule has 6 rings (SSSR count). The van der Waals surface area contributed by atoms with Gasteiger partial charge in [-0.1, -0.05) is 48.5 Å². The summed E-state index contributed by atoms with van der Waals surface area (Å²) in [6, 6.07) is 21.3. The molecule has 1 amide bonds. The van der Waals surface area contributed by atoms with E-state index in [1.807, 2.05) is 49.4 Å². The van der Waals surface area contributed by atoms with Crippen molar-refractivity contribution in [2.24, 2.45) is 0 Å². The summed E-state index contributed by atoms with van der Waals surface area (Å²) in [5.41, 5.74) is 1.98. The Labute approximate surface area is 267 Å². The molecule has 1 fully saturated rings. The molecule has 3 heterocycles. The van der Waals surface area contributed by atoms with Crippen LogP contribution in [0.3, 0.4) is 0 Å². The molecule has 1 saturated heterocycles. The maximum absolute atomic E-state index is 14.2. The Morgan fingerprint density at radius 1 is 0.935 bits per heavy atom. The van der Waals surface area contributed by atoms with Crippen LogP contribution in [0.25, 0.3) is 11.0 Å². The van der Waals surface area contributed by atoms with E-state index in [9.17, 15) is 14.7 Å². The number of para-hydroxylation sites is 1. The fraction of sp³-hybridized carbons (Fsp3) is 0.333. The average molecular weight is 627 g/mol. The molecule has 0 saturated carbocycles. The fourth-order valence-corrected chi connectivity index (χ4v) is 6.01. The van der Waals surface area contributed by atoms with Gasteiger partial charge in [0.05, 0.1) is 38.5 Å². The number of carbonyl (C=O) groups excluding carboxylic acids is 2. The van der Waals surface area contributed by atoms with E-state index in [1.165, 1.54) is 7.11 Å². The highest BCUT2D eigenvalue weighted by Gasteiger charge is 2.44. The minimum Gasteiger partial charge on any atom is -0.503 e. The maximum atomic E-state index is 14.2. The molecule has 0 spiro atoms. The van der Waals surface area contributed by atoms with Crippen molar-refractivity contribution in [1.82, 2.24) is 9.80 Å². The Bertz CT molecular complexity index is 1720. The molecular formula is C36H38N2O8. The number of morpholine rings is 1. The number of amides is 1. The third-order valence-corrected chi connectivity index (χ3v) is 8.30. The van der Waals surface area contributed by atoms with Crippen molar-refractivity contribution in [2.75, 3.05) is 53.1 Å². The van der Waals surface area contributed by atoms with Crippen LogP contribution in [-0.4, -0.2) is 79.7 Å². The average Bonchev–Trinajstić information content (AvgIpc) is 3.64. The van der Waals surface area contributed by atoms with E-state index in [4.69, 9.17) is 23.4 Å². The van der Waals surface area contributed by atoms with Crippen LogP contribution >= 0.6 is 0 Å². The Morgan fingerprint density at radius 2 is 1.74 bits per heavy atom. The van der Waals surface area contributed by atoms with Crippen LogP contribution in [0, 0.1) is 0 Å². The monoisotopic (exact) mass is 626 g/mol. The van der Waals surface area contributed by atoms with Gasteiger partial charge in [0.2, 0.25) is 5.78 Å². The van der Waals surface area contributed by atoms with Gasteiger partial charge in [-0.05, 0) is 48.7 Å². The third kappa shape index (κ3) is 6.45. The van der Waals surface area contributed by atoms with Gasteiger partial charge >= 0.3 is 0 Å². The molecule has 3 aromatic carbocycles. The van der Waals surface area contributed by atoms with Crippen molar-refractivity contribution in [2.45, 2.75) is 26.0 Å². The second kappa shape index (κ2) is 14.1. The number of nitrogens with zero attached hydrogens (tertiary/aromatic N) is 2. The van der Waals surface area contributed by atoms with Crippen LogP contribution < -0.4 is 14.2 Å². The number of aliphatic hydroxyl groups is 1. The van der Waals surface area contributed by atoms with Crippen LogP contribution in [0.2, 0.25) is 0 Å². The van der Waals surface area contributed by atoms with E-state index in [0.717, 1.165) is 25.2 Å². The van der Waals surface area contributed by atoms with Gasteiger partial charge in [-0.15, -0.1) is 0 Å². The molecule has 46 heavy (non-hydrogen) atoms. The molecule has 1 unspecified atom stereocenters. The lowest BCUT2D eigenvalue weighted by atomic mass is 9.94. The van der Waals surface area contributed by atoms with E-state index in [0.29, 0.717) is 73.2 Å². The molecule has 0 radical (unpaired) electrons. The van der Waals surface area contributed by atoms with Crippen molar-refractivity contribution in [3.8, 4) is 17.2 Å². The summed E-state index contributed by atoms with van der Waals surface area (Å²) in [4.78, 5) is 31.6. The molecule has 240 valence electrons. The predicted octanol–water partition coefficient (Wildman–Crippen LogP) is 5.72. The number of methoxy groups -OCH3 is 1. The van der Waals surface area contributed by atoms with Crippen molar-refractivity contribution >= 4 is 22.7 Å². The first-order chi connectivity index (χ1) is 22.5. The number of hydrogen-bond donors (Lipinski definition) is 1. The zero-order valence-electron chi connectivity index (χ0n) is 26.1. The number of rotatable bonds is 13. The second-order valence-corrected chi connectivity index (χ2v) is 11.2. The maximum Gasteiger partial charge on any atom is 0.290 e. The van der Waals surface area contributed by atoms with E-state index in [-0.39, 0.29) is 11.3 Å². The first kappa shape index (κ1) is 31.2. The quantitative estimate of drug-likeness (QED) is 0.186. The number of ether oxygens (including phenoxy) is 4. The SMILES string of the molecule is CCOc1cc(C2C(C(=O)c3cc4cccc(OC)c4o3)=C(O)C(=O)N2CCCN2CCOCC2)ccc1OCc1ccccc1. The number of carbonyl (C=O) groups is 2. The lowest BCUT2D eigenvalue weighted by Gasteiger charge is -2.30. The molecular weight excluding hydrogens is 588 g/mol. The van der Waals surface area contributed by atoms with Gasteiger partial charge in [-0.25, -0.2) is 0 Å². The van der Waals surface area contributed by atoms with Crippen molar-refractivity contribution in [3.63, 3.8) is 0 Å².